The van der Waals surface area contributed by atoms with Gasteiger partial charge in [0.2, 0.25) is 5.82 Å². The van der Waals surface area contributed by atoms with Crippen molar-refractivity contribution in [3.05, 3.63) is 118 Å². The van der Waals surface area contributed by atoms with Gasteiger partial charge in [-0.05, 0) is 111 Å². The van der Waals surface area contributed by atoms with E-state index in [2.05, 4.69) is 21.4 Å². The summed E-state index contributed by atoms with van der Waals surface area (Å²) in [6.45, 7) is 3.96. The Morgan fingerprint density at radius 3 is 1.51 bits per heavy atom. The number of nitrogens with two attached hydrogens (primary N) is 1. The molecule has 33 radical (unpaired) electrons. The first-order valence-electron chi connectivity index (χ1n) is 26.6. The second-order valence-electron chi connectivity index (χ2n) is 19.7. The van der Waals surface area contributed by atoms with Gasteiger partial charge in [0.05, 0.1) is 33.6 Å². The molecule has 46 heteroatoms. The van der Waals surface area contributed by atoms with Gasteiger partial charge in [-0.25, -0.2) is 22.4 Å². The Morgan fingerprint density at radius 1 is 0.670 bits per heavy atom. The standard InChI is InChI=1S/C21H18F2N4O.C13H13FN2O2.C8H6F4N2O.B11.B9.B7/c1-13-10-14(2-4-18(13)23)20-25-21(28-26-20)15-3-5-19(16(11-15)12-24)27-8-6-17(22)7-9-27;14-11-3-5-16(6-4-11)12-2-1-9(13(17)18)7-10(12)8-15;9-6-2-1-4(7(13)14-15)3-5(6)8(10,11)12;1-7-10(6)11(8(2)3)9(4)5;1-6-9(7(2)3)8(4)5;1-5-7(4)6(2)3/h2-5,10-11,17H,6-9H2,1H3;1-2,7,11H,3-6H2,(H,17,18);1-3,15H,(H2,13,14);;;. The zero-order chi connectivity index (χ0) is 66.7. The predicted molar refractivity (Wildman–Crippen MR) is 365 cm³/mol. The second kappa shape index (κ2) is 39.0. The molecule has 1 aromatic heterocycles. The van der Waals surface area contributed by atoms with Crippen LogP contribution < -0.4 is 15.5 Å². The number of alkyl halides is 5. The van der Waals surface area contributed by atoms with Crippen LogP contribution in [0.25, 0.3) is 22.8 Å². The molecule has 0 spiro atoms. The summed E-state index contributed by atoms with van der Waals surface area (Å²) in [5.41, 5.74) is 7.56. The molecule has 3 heterocycles. The molecule has 88 heavy (non-hydrogen) atoms. The molecule has 2 aliphatic rings. The average Bonchev–Trinajstić information content (AvgIpc) is 1.68. The lowest BCUT2D eigenvalue weighted by Gasteiger charge is -2.31. The van der Waals surface area contributed by atoms with Crippen LogP contribution in [0.2, 0.25) is 0 Å². The van der Waals surface area contributed by atoms with Crippen LogP contribution in [0.3, 0.4) is 0 Å². The number of aryl methyl sites for hydroxylation is 1. The van der Waals surface area contributed by atoms with Gasteiger partial charge < -0.3 is 30.4 Å². The molecule has 0 amide bonds. The third-order valence-corrected chi connectivity index (χ3v) is 13.1. The first-order chi connectivity index (χ1) is 41.3. The summed E-state index contributed by atoms with van der Waals surface area (Å²) in [5, 5.41) is 42.2. The summed E-state index contributed by atoms with van der Waals surface area (Å²) in [4.78, 5) is 19.2. The molecule has 5 aromatic rings. The van der Waals surface area contributed by atoms with E-state index in [0.29, 0.717) is 103 Å². The number of carboxylic acids is 1. The number of benzene rings is 4. The SMILES string of the molecule is Cc1cc(-c2noc(-c3ccc(N4CCC(F)CC4)c(C#N)c3)n2)ccc1F.N#Cc1cc(C(=O)O)ccc1N1CCC(F)CC1.N/C(=N\O)c1ccc(F)c(C(F)(F)F)c1.[B][B]B(B([B])[B])B([B])[B].[B][B]B([B])B(B([B])[B])B([B])[B].[B][B]B([B])B([B])[B]. The van der Waals surface area contributed by atoms with E-state index >= 15 is 0 Å². The van der Waals surface area contributed by atoms with Gasteiger partial charge in [0.25, 0.3) is 5.89 Å². The zero-order valence-electron chi connectivity index (χ0n) is 47.9. The predicted octanol–water partition coefficient (Wildman–Crippen LogP) is -1.49. The molecule has 12 nitrogen and oxygen atoms in total. The van der Waals surface area contributed by atoms with Crippen molar-refractivity contribution >= 4 is 218 Å². The van der Waals surface area contributed by atoms with Gasteiger partial charge in [0.1, 0.15) is 36.1 Å². The van der Waals surface area contributed by atoms with Crippen molar-refractivity contribution in [2.75, 3.05) is 36.0 Å². The van der Waals surface area contributed by atoms with Gasteiger partial charge in [-0.3, -0.25) is 0 Å². The third kappa shape index (κ3) is 25.5. The molecule has 2 fully saturated rings. The van der Waals surface area contributed by atoms with Crippen molar-refractivity contribution in [2.45, 2.75) is 51.1 Å². The molecule has 0 aliphatic carbocycles. The monoisotopic (exact) mass is 1150 g/mol. The number of hydrogen-bond acceptors (Lipinski definition) is 10. The molecular formula is C42H37B27F7N8O4. The topological polar surface area (TPSA) is 189 Å². The van der Waals surface area contributed by atoms with Gasteiger partial charge in [0.15, 0.2) is 5.84 Å². The number of carbonyl (C=O) groups is 1. The largest absolute Gasteiger partial charge is 0.478 e. The molecule has 7 rings (SSSR count). The van der Waals surface area contributed by atoms with E-state index in [0.717, 1.165) is 11.8 Å². The highest BCUT2D eigenvalue weighted by Crippen LogP contribution is 2.33. The summed E-state index contributed by atoms with van der Waals surface area (Å²) in [5.74, 6) is -2.63. The normalized spacial score (nSPS) is 12.7. The number of hydrogen-bond donors (Lipinski definition) is 3. The van der Waals surface area contributed by atoms with Gasteiger partial charge in [-0.2, -0.15) is 28.7 Å². The second-order valence-corrected chi connectivity index (χ2v) is 19.7. The Bertz CT molecular complexity index is 3060. The zero-order valence-corrected chi connectivity index (χ0v) is 47.9. The molecule has 4 N–H and O–H groups in total. The Labute approximate surface area is 536 Å². The number of anilines is 2. The number of oxime groups is 1. The Balaban J connectivity index is 0.000000385. The Hall–Kier alpha value is -5.40. The highest BCUT2D eigenvalue weighted by atomic mass is 19.4. The van der Waals surface area contributed by atoms with E-state index in [1.54, 1.807) is 31.2 Å². The molecule has 0 saturated carbocycles. The lowest BCUT2D eigenvalue weighted by molar-refractivity contribution is -0.140. The fourth-order valence-corrected chi connectivity index (χ4v) is 7.99. The fourth-order valence-electron chi connectivity index (χ4n) is 7.99. The number of halogens is 7. The first-order valence-corrected chi connectivity index (χ1v) is 26.6. The minimum atomic E-state index is -4.81. The molecular weight excluding hydrogens is 1110 g/mol. The van der Waals surface area contributed by atoms with E-state index < -0.39 is 80.0 Å². The van der Waals surface area contributed by atoms with E-state index in [4.69, 9.17) is 142 Å². The Morgan fingerprint density at radius 2 is 1.14 bits per heavy atom. The Kier molecular flexibility index (Phi) is 34.9. The van der Waals surface area contributed by atoms with Crippen molar-refractivity contribution in [1.82, 2.24) is 10.1 Å². The van der Waals surface area contributed by atoms with Gasteiger partial charge in [-0.1, -0.05) is 10.3 Å². The fraction of sp³-hybridized carbons (Fsp3) is 0.286. The van der Waals surface area contributed by atoms with Crippen molar-refractivity contribution in [1.29, 1.82) is 10.5 Å². The summed E-state index contributed by atoms with van der Waals surface area (Å²) in [6.07, 6.45) is -9.05. The highest BCUT2D eigenvalue weighted by Gasteiger charge is 2.35. The number of amidine groups is 1. The number of aromatic nitrogens is 2. The van der Waals surface area contributed by atoms with Crippen LogP contribution >= 0.6 is 0 Å². The maximum absolute atomic E-state index is 13.5. The lowest BCUT2D eigenvalue weighted by atomic mass is 8.56. The van der Waals surface area contributed by atoms with Crippen LogP contribution in [0.1, 0.15) is 63.9 Å². The van der Waals surface area contributed by atoms with Crippen LogP contribution in [0, 0.1) is 41.2 Å². The van der Waals surface area contributed by atoms with E-state index in [1.807, 2.05) is 28.0 Å². The number of aromatic carboxylic acids is 1. The molecule has 399 valence electrons. The molecule has 4 aromatic carbocycles. The highest BCUT2D eigenvalue weighted by molar-refractivity contribution is 8.02. The number of rotatable bonds is 15. The number of piperidine rings is 2. The van der Waals surface area contributed by atoms with Crippen molar-refractivity contribution in [3.8, 4) is 35.0 Å². The first kappa shape index (κ1) is 78.7. The summed E-state index contributed by atoms with van der Waals surface area (Å²) in [7, 11) is 82.5. The maximum Gasteiger partial charge on any atom is 0.419 e. The van der Waals surface area contributed by atoms with Crippen LogP contribution in [-0.4, -0.2) is 265 Å². The molecule has 2 aliphatic heterocycles. The number of carboxylic acid groups (broad SMARTS) is 1. The maximum atomic E-state index is 13.5. The van der Waals surface area contributed by atoms with Gasteiger partial charge in [-0.15, -0.1) is 0 Å². The molecule has 0 atom stereocenters. The smallest absolute Gasteiger partial charge is 0.419 e. The van der Waals surface area contributed by atoms with Crippen molar-refractivity contribution < 1.29 is 50.4 Å². The molecule has 0 bridgehead atoms. The molecule has 2 saturated heterocycles. The van der Waals surface area contributed by atoms with E-state index in [9.17, 15) is 40.8 Å². The van der Waals surface area contributed by atoms with Crippen LogP contribution in [-0.2, 0) is 6.18 Å². The summed E-state index contributed by atoms with van der Waals surface area (Å²) in [6, 6.07) is 20.7. The van der Waals surface area contributed by atoms with Gasteiger partial charge >= 0.3 is 12.1 Å². The minimum Gasteiger partial charge on any atom is -0.478 e. The summed E-state index contributed by atoms with van der Waals surface area (Å²) < 4.78 is 94.7. The minimum absolute atomic E-state index is 0.0932. The molecule has 0 unspecified atom stereocenters. The van der Waals surface area contributed by atoms with E-state index in [1.165, 1.54) is 39.4 Å². The number of nitrogens with zero attached hydrogens (tertiary/aromatic N) is 7. The lowest BCUT2D eigenvalue weighted by Crippen LogP contribution is -2.63. The summed E-state index contributed by atoms with van der Waals surface area (Å²) >= 11 is 0. The van der Waals surface area contributed by atoms with E-state index in [-0.39, 0.29) is 42.0 Å². The van der Waals surface area contributed by atoms with Crippen LogP contribution in [0.4, 0.5) is 42.1 Å². The van der Waals surface area contributed by atoms with Gasteiger partial charge in [0, 0.05) is 238 Å². The number of nitriles is 2. The quantitative estimate of drug-likeness (QED) is 0.0277. The average molecular weight is 1140 g/mol. The van der Waals surface area contributed by atoms with Crippen LogP contribution in [0.15, 0.2) is 82.5 Å². The van der Waals surface area contributed by atoms with Crippen molar-refractivity contribution in [2.24, 2.45) is 10.9 Å². The third-order valence-electron chi connectivity index (χ3n) is 13.1. The van der Waals surface area contributed by atoms with Crippen molar-refractivity contribution in [3.63, 3.8) is 0 Å². The van der Waals surface area contributed by atoms with Crippen LogP contribution in [0.5, 0.6) is 0 Å².